The third-order valence-electron chi connectivity index (χ3n) is 3.30. The minimum Gasteiger partial charge on any atom is -0.486 e. The number of hydrogen-bond acceptors (Lipinski definition) is 5. The van der Waals surface area contributed by atoms with Crippen LogP contribution in [-0.4, -0.2) is 16.1 Å². The summed E-state index contributed by atoms with van der Waals surface area (Å²) in [6, 6.07) is 19.4. The first-order chi connectivity index (χ1) is 11.8. The largest absolute Gasteiger partial charge is 0.486 e. The molecule has 0 bridgehead atoms. The van der Waals surface area contributed by atoms with Crippen LogP contribution in [0.25, 0.3) is 0 Å². The Morgan fingerprint density at radius 3 is 2.46 bits per heavy atom. The molecule has 6 heteroatoms. The summed E-state index contributed by atoms with van der Waals surface area (Å²) < 4.78 is 5.61. The maximum Gasteiger partial charge on any atom is 0.226 e. The predicted molar refractivity (Wildman–Crippen MR) is 94.1 cm³/mol. The summed E-state index contributed by atoms with van der Waals surface area (Å²) in [6.07, 6.45) is 1.12. The van der Waals surface area contributed by atoms with Crippen molar-refractivity contribution in [3.63, 3.8) is 0 Å². The lowest BCUT2D eigenvalue weighted by atomic mass is 10.1. The Bertz CT molecular complexity index is 775. The summed E-state index contributed by atoms with van der Waals surface area (Å²) in [5.74, 6) is 0.715. The van der Waals surface area contributed by atoms with Gasteiger partial charge in [-0.05, 0) is 24.1 Å². The lowest BCUT2D eigenvalue weighted by molar-refractivity contribution is -0.116. The monoisotopic (exact) mass is 339 g/mol. The smallest absolute Gasteiger partial charge is 0.226 e. The minimum absolute atomic E-state index is 0.0643. The Labute approximate surface area is 144 Å². The number of rotatable bonds is 7. The number of carbonyl (C=O) groups excluding carboxylic acids is 1. The molecule has 5 nitrogen and oxygen atoms in total. The van der Waals surface area contributed by atoms with E-state index in [-0.39, 0.29) is 5.91 Å². The second-order valence-corrected chi connectivity index (χ2v) is 6.20. The normalized spacial score (nSPS) is 10.3. The van der Waals surface area contributed by atoms with Gasteiger partial charge in [-0.25, -0.2) is 0 Å². The number of amides is 1. The summed E-state index contributed by atoms with van der Waals surface area (Å²) in [4.78, 5) is 12.0. The molecule has 1 N–H and O–H groups in total. The Balaban J connectivity index is 1.46. The highest BCUT2D eigenvalue weighted by Gasteiger charge is 2.09. The van der Waals surface area contributed by atoms with Gasteiger partial charge in [-0.15, -0.1) is 10.2 Å². The summed E-state index contributed by atoms with van der Waals surface area (Å²) >= 11 is 1.32. The van der Waals surface area contributed by atoms with E-state index in [2.05, 4.69) is 15.5 Å². The van der Waals surface area contributed by atoms with Crippen LogP contribution in [0.4, 0.5) is 5.13 Å². The fourth-order valence-corrected chi connectivity index (χ4v) is 2.78. The van der Waals surface area contributed by atoms with Crippen molar-refractivity contribution in [3.05, 3.63) is 71.2 Å². The topological polar surface area (TPSA) is 64.1 Å². The van der Waals surface area contributed by atoms with E-state index in [1.165, 1.54) is 11.3 Å². The molecule has 0 aliphatic heterocycles. The molecule has 0 spiro atoms. The van der Waals surface area contributed by atoms with Crippen molar-refractivity contribution in [3.8, 4) is 5.75 Å². The highest BCUT2D eigenvalue weighted by molar-refractivity contribution is 7.15. The summed E-state index contributed by atoms with van der Waals surface area (Å²) in [7, 11) is 0. The Kier molecular flexibility index (Phi) is 5.52. The first kappa shape index (κ1) is 16.1. The van der Waals surface area contributed by atoms with Crippen LogP contribution in [0.1, 0.15) is 17.0 Å². The van der Waals surface area contributed by atoms with Crippen molar-refractivity contribution < 1.29 is 9.53 Å². The SMILES string of the molecule is O=C(CCc1ccccc1)Nc1nnc(COc2ccccc2)s1. The molecule has 122 valence electrons. The summed E-state index contributed by atoms with van der Waals surface area (Å²) in [5, 5.41) is 12.0. The molecule has 24 heavy (non-hydrogen) atoms. The van der Waals surface area contributed by atoms with Crippen molar-refractivity contribution in [2.45, 2.75) is 19.4 Å². The maximum atomic E-state index is 12.0. The van der Waals surface area contributed by atoms with Crippen molar-refractivity contribution in [2.75, 3.05) is 5.32 Å². The standard InChI is InChI=1S/C18H17N3O2S/c22-16(12-11-14-7-3-1-4-8-14)19-18-21-20-17(24-18)13-23-15-9-5-2-6-10-15/h1-10H,11-13H2,(H,19,21,22). The van der Waals surface area contributed by atoms with Gasteiger partial charge in [0.2, 0.25) is 11.0 Å². The number of para-hydroxylation sites is 1. The zero-order valence-electron chi connectivity index (χ0n) is 13.0. The number of aryl methyl sites for hydroxylation is 1. The highest BCUT2D eigenvalue weighted by Crippen LogP contribution is 2.18. The van der Waals surface area contributed by atoms with Gasteiger partial charge in [0.15, 0.2) is 5.01 Å². The van der Waals surface area contributed by atoms with Gasteiger partial charge in [0.25, 0.3) is 0 Å². The molecule has 1 amide bonds. The average Bonchev–Trinajstić information content (AvgIpc) is 3.07. The molecule has 0 aliphatic rings. The van der Waals surface area contributed by atoms with Crippen LogP contribution in [0.15, 0.2) is 60.7 Å². The van der Waals surface area contributed by atoms with Gasteiger partial charge in [0.1, 0.15) is 12.4 Å². The van der Waals surface area contributed by atoms with E-state index in [1.807, 2.05) is 60.7 Å². The Hall–Kier alpha value is -2.73. The number of ether oxygens (including phenoxy) is 1. The number of anilines is 1. The van der Waals surface area contributed by atoms with Crippen LogP contribution in [0.2, 0.25) is 0 Å². The first-order valence-electron chi connectivity index (χ1n) is 7.63. The Morgan fingerprint density at radius 1 is 1.00 bits per heavy atom. The van der Waals surface area contributed by atoms with Crippen molar-refractivity contribution in [1.82, 2.24) is 10.2 Å². The maximum absolute atomic E-state index is 12.0. The van der Waals surface area contributed by atoms with E-state index < -0.39 is 0 Å². The molecule has 0 aliphatic carbocycles. The van der Waals surface area contributed by atoms with Crippen LogP contribution in [-0.2, 0) is 17.8 Å². The van der Waals surface area contributed by atoms with Gasteiger partial charge >= 0.3 is 0 Å². The number of aromatic nitrogens is 2. The van der Waals surface area contributed by atoms with E-state index in [1.54, 1.807) is 0 Å². The molecule has 0 radical (unpaired) electrons. The molecule has 0 unspecified atom stereocenters. The van der Waals surface area contributed by atoms with Crippen molar-refractivity contribution >= 4 is 22.4 Å². The third-order valence-corrected chi connectivity index (χ3v) is 4.11. The fraction of sp³-hybridized carbons (Fsp3) is 0.167. The lowest BCUT2D eigenvalue weighted by Crippen LogP contribution is -2.12. The zero-order chi connectivity index (χ0) is 16.6. The van der Waals surface area contributed by atoms with Crippen LogP contribution in [0.3, 0.4) is 0 Å². The van der Waals surface area contributed by atoms with E-state index in [9.17, 15) is 4.79 Å². The third kappa shape index (κ3) is 4.89. The molecule has 0 saturated carbocycles. The first-order valence-corrected chi connectivity index (χ1v) is 8.45. The second-order valence-electron chi connectivity index (χ2n) is 5.14. The lowest BCUT2D eigenvalue weighted by Gasteiger charge is -2.02. The second kappa shape index (κ2) is 8.21. The zero-order valence-corrected chi connectivity index (χ0v) is 13.8. The highest BCUT2D eigenvalue weighted by atomic mass is 32.1. The van der Waals surface area contributed by atoms with Gasteiger partial charge in [0.05, 0.1) is 0 Å². The van der Waals surface area contributed by atoms with Crippen LogP contribution in [0, 0.1) is 0 Å². The van der Waals surface area contributed by atoms with Crippen molar-refractivity contribution in [2.24, 2.45) is 0 Å². The van der Waals surface area contributed by atoms with Crippen LogP contribution in [0.5, 0.6) is 5.75 Å². The average molecular weight is 339 g/mol. The van der Waals surface area contributed by atoms with Gasteiger partial charge < -0.3 is 10.1 Å². The molecule has 0 fully saturated rings. The molecular weight excluding hydrogens is 322 g/mol. The molecule has 1 heterocycles. The van der Waals surface area contributed by atoms with E-state index in [0.29, 0.717) is 24.6 Å². The van der Waals surface area contributed by atoms with Gasteiger partial charge in [0, 0.05) is 6.42 Å². The van der Waals surface area contributed by atoms with E-state index in [0.717, 1.165) is 16.3 Å². The number of nitrogens with one attached hydrogen (secondary N) is 1. The number of benzene rings is 2. The summed E-state index contributed by atoms with van der Waals surface area (Å²) in [6.45, 7) is 0.335. The molecule has 3 aromatic rings. The molecule has 0 saturated heterocycles. The van der Waals surface area contributed by atoms with Crippen LogP contribution >= 0.6 is 11.3 Å². The van der Waals surface area contributed by atoms with Crippen molar-refractivity contribution in [1.29, 1.82) is 0 Å². The summed E-state index contributed by atoms with van der Waals surface area (Å²) in [5.41, 5.74) is 1.14. The van der Waals surface area contributed by atoms with Crippen LogP contribution < -0.4 is 10.1 Å². The number of nitrogens with zero attached hydrogens (tertiary/aromatic N) is 2. The number of hydrogen-bond donors (Lipinski definition) is 1. The molecular formula is C18H17N3O2S. The van der Waals surface area contributed by atoms with Gasteiger partial charge in [-0.3, -0.25) is 4.79 Å². The van der Waals surface area contributed by atoms with E-state index >= 15 is 0 Å². The minimum atomic E-state index is -0.0643. The quantitative estimate of drug-likeness (QED) is 0.713. The molecule has 3 rings (SSSR count). The molecule has 0 atom stereocenters. The predicted octanol–water partition coefficient (Wildman–Crippen LogP) is 3.69. The fourth-order valence-electron chi connectivity index (χ4n) is 2.11. The molecule has 1 aromatic heterocycles. The molecule has 2 aromatic carbocycles. The van der Waals surface area contributed by atoms with E-state index in [4.69, 9.17) is 4.74 Å². The van der Waals surface area contributed by atoms with Gasteiger partial charge in [-0.2, -0.15) is 0 Å². The number of carbonyl (C=O) groups is 1. The Morgan fingerprint density at radius 2 is 1.71 bits per heavy atom. The van der Waals surface area contributed by atoms with Gasteiger partial charge in [-0.1, -0.05) is 59.9 Å².